The maximum absolute atomic E-state index is 15.1. The second-order valence-electron chi connectivity index (χ2n) is 14.9. The minimum atomic E-state index is -1.23. The summed E-state index contributed by atoms with van der Waals surface area (Å²) >= 11 is 0. The van der Waals surface area contributed by atoms with Gasteiger partial charge in [0.25, 0.3) is 0 Å². The Morgan fingerprint density at radius 3 is 2.02 bits per heavy atom. The van der Waals surface area contributed by atoms with E-state index in [9.17, 15) is 0 Å². The number of imidazole rings is 1. The first-order valence-electron chi connectivity index (χ1n) is 18.9. The summed E-state index contributed by atoms with van der Waals surface area (Å²) in [6, 6.07) is 60.6. The van der Waals surface area contributed by atoms with Crippen molar-refractivity contribution in [1.29, 1.82) is 0 Å². The van der Waals surface area contributed by atoms with E-state index in [4.69, 9.17) is 9.40 Å². The molecule has 0 saturated heterocycles. The summed E-state index contributed by atoms with van der Waals surface area (Å²) < 4.78 is 23.5. The number of pyridine rings is 2. The Balaban J connectivity index is 0.000000233. The molecule has 0 N–H and O–H groups in total. The zero-order chi connectivity index (χ0) is 38.9. The first kappa shape index (κ1) is 38.6. The van der Waals surface area contributed by atoms with Crippen LogP contribution in [0.25, 0.3) is 83.7 Å². The number of rotatable bonds is 6. The third kappa shape index (κ3) is 7.58. The molecule has 0 bridgehead atoms. The molecule has 5 nitrogen and oxygen atoms in total. The van der Waals surface area contributed by atoms with E-state index in [-0.39, 0.29) is 25.8 Å². The number of hydrogen-bond acceptors (Lipinski definition) is 4. The zero-order valence-corrected chi connectivity index (χ0v) is 35.5. The molecule has 0 unspecified atom stereocenters. The van der Waals surface area contributed by atoms with Gasteiger partial charge in [0, 0.05) is 42.9 Å². The van der Waals surface area contributed by atoms with E-state index in [1.807, 2.05) is 115 Å². The molecule has 10 aromatic rings. The monoisotopic (exact) mass is 949 g/mol. The minimum absolute atomic E-state index is 0. The van der Waals surface area contributed by atoms with Crippen LogP contribution in [0, 0.1) is 18.1 Å². The van der Waals surface area contributed by atoms with Crippen molar-refractivity contribution >= 4 is 46.4 Å². The van der Waals surface area contributed by atoms with Crippen LogP contribution in [-0.2, 0) is 20.1 Å². The molecule has 6 aromatic carbocycles. The number of fused-ring (bicyclic) bond motifs is 4. The molecular formula is C50H37FIrN4OSi-2. The fourth-order valence-corrected chi connectivity index (χ4v) is 8.10. The molecule has 8 heteroatoms. The van der Waals surface area contributed by atoms with Crippen LogP contribution in [0.3, 0.4) is 0 Å². The van der Waals surface area contributed by atoms with Crippen molar-refractivity contribution < 1.29 is 28.9 Å². The van der Waals surface area contributed by atoms with Gasteiger partial charge in [-0.25, -0.2) is 0 Å². The van der Waals surface area contributed by atoms with Crippen molar-refractivity contribution in [2.24, 2.45) is 0 Å². The molecule has 0 atom stereocenters. The second kappa shape index (κ2) is 16.3. The van der Waals surface area contributed by atoms with Crippen molar-refractivity contribution in [3.63, 3.8) is 0 Å². The predicted molar refractivity (Wildman–Crippen MR) is 233 cm³/mol. The van der Waals surface area contributed by atoms with Gasteiger partial charge in [-0.15, -0.1) is 54.1 Å². The van der Waals surface area contributed by atoms with Crippen LogP contribution in [0.15, 0.2) is 174 Å². The maximum atomic E-state index is 15.1. The number of furan rings is 1. The molecule has 10 rings (SSSR count). The standard InChI is InChI=1S/C36H21FN3O.C14H16NSi.Ir/c37-34-29(25-12-5-2-6-13-25)22-30-27-14-9-15-28(33(27)41-36(30)39-34)35-38-31-16-7-8-17-32(31)40(35)26-20-18-24(19-21-26)23-10-3-1-4-11-23;1-16(2,3)13-9-10-14(15-11-13)12-7-5-4-6-8-12;/h1-14,16-22H;4-7,9-11H,1-3H3;/q2*-1;. The molecule has 0 saturated carbocycles. The van der Waals surface area contributed by atoms with Crippen LogP contribution in [0.5, 0.6) is 0 Å². The van der Waals surface area contributed by atoms with E-state index in [2.05, 4.69) is 101 Å². The summed E-state index contributed by atoms with van der Waals surface area (Å²) in [5.41, 5.74) is 9.82. The first-order valence-corrected chi connectivity index (χ1v) is 22.4. The van der Waals surface area contributed by atoms with Crippen LogP contribution < -0.4 is 5.19 Å². The Morgan fingerprint density at radius 1 is 0.638 bits per heavy atom. The van der Waals surface area contributed by atoms with Gasteiger partial charge in [0.2, 0.25) is 11.7 Å². The summed E-state index contributed by atoms with van der Waals surface area (Å²) in [6.45, 7) is 7.00. The smallest absolute Gasteiger partial charge is 0.224 e. The van der Waals surface area contributed by atoms with Gasteiger partial charge >= 0.3 is 0 Å². The fourth-order valence-electron chi connectivity index (χ4n) is 7.07. The van der Waals surface area contributed by atoms with Crippen LogP contribution in [0.4, 0.5) is 4.39 Å². The van der Waals surface area contributed by atoms with Crippen molar-refractivity contribution in [1.82, 2.24) is 19.5 Å². The molecule has 4 heterocycles. The van der Waals surface area contributed by atoms with E-state index < -0.39 is 14.0 Å². The summed E-state index contributed by atoms with van der Waals surface area (Å²) in [5.74, 6) is 0.117. The Kier molecular flexibility index (Phi) is 10.8. The SMILES string of the molecule is C[Si](C)(C)c1ccc(-c2[c-]cccc2)nc1.Fc1nc2oc3c(-c4nc5ccccc5n4-c4ccc(-c5ccccc5)cc4)[c-]ccc3c2cc1-c1ccccc1.[Ir]. The normalized spacial score (nSPS) is 11.3. The van der Waals surface area contributed by atoms with Gasteiger partial charge in [0.15, 0.2) is 0 Å². The Hall–Kier alpha value is -6.31. The average Bonchev–Trinajstić information content (AvgIpc) is 3.82. The van der Waals surface area contributed by atoms with E-state index in [0.717, 1.165) is 55.4 Å². The van der Waals surface area contributed by atoms with Crippen molar-refractivity contribution in [2.75, 3.05) is 0 Å². The fraction of sp³-hybridized carbons (Fsp3) is 0.0600. The van der Waals surface area contributed by atoms with Crippen LogP contribution in [0.2, 0.25) is 19.6 Å². The van der Waals surface area contributed by atoms with Crippen LogP contribution in [0.1, 0.15) is 0 Å². The molecule has 0 aliphatic carbocycles. The molecule has 285 valence electrons. The third-order valence-electron chi connectivity index (χ3n) is 10.1. The summed E-state index contributed by atoms with van der Waals surface area (Å²) in [4.78, 5) is 13.8. The third-order valence-corrected chi connectivity index (χ3v) is 12.1. The topological polar surface area (TPSA) is 56.7 Å². The van der Waals surface area contributed by atoms with Gasteiger partial charge in [-0.3, -0.25) is 4.98 Å². The second-order valence-corrected chi connectivity index (χ2v) is 20.0. The van der Waals surface area contributed by atoms with E-state index in [0.29, 0.717) is 22.5 Å². The molecule has 1 radical (unpaired) electrons. The number of halogens is 1. The summed E-state index contributed by atoms with van der Waals surface area (Å²) in [6.07, 6.45) is 2.02. The van der Waals surface area contributed by atoms with Crippen LogP contribution >= 0.6 is 0 Å². The summed E-state index contributed by atoms with van der Waals surface area (Å²) in [5, 5.41) is 2.97. The molecule has 0 aliphatic rings. The molecule has 0 amide bonds. The van der Waals surface area contributed by atoms with E-state index in [1.165, 1.54) is 5.19 Å². The van der Waals surface area contributed by atoms with Gasteiger partial charge in [-0.2, -0.15) is 9.37 Å². The van der Waals surface area contributed by atoms with Crippen molar-refractivity contribution in [2.45, 2.75) is 19.6 Å². The van der Waals surface area contributed by atoms with Gasteiger partial charge in [-0.05, 0) is 57.9 Å². The van der Waals surface area contributed by atoms with Gasteiger partial charge in [0.1, 0.15) is 0 Å². The van der Waals surface area contributed by atoms with Crippen molar-refractivity contribution in [3.8, 4) is 50.6 Å². The number of nitrogens with zero attached hydrogens (tertiary/aromatic N) is 4. The van der Waals surface area contributed by atoms with Crippen LogP contribution in [-0.4, -0.2) is 27.6 Å². The minimum Gasteiger partial charge on any atom is -0.486 e. The molecule has 58 heavy (non-hydrogen) atoms. The van der Waals surface area contributed by atoms with Crippen molar-refractivity contribution in [3.05, 3.63) is 188 Å². The number of para-hydroxylation sites is 2. The molecule has 0 fully saturated rings. The van der Waals surface area contributed by atoms with Gasteiger partial charge in [0.05, 0.1) is 30.5 Å². The molecule has 4 aromatic heterocycles. The van der Waals surface area contributed by atoms with E-state index >= 15 is 4.39 Å². The number of benzene rings is 6. The van der Waals surface area contributed by atoms with E-state index in [1.54, 1.807) is 0 Å². The largest absolute Gasteiger partial charge is 0.486 e. The van der Waals surface area contributed by atoms with Gasteiger partial charge in [-0.1, -0.05) is 128 Å². The van der Waals surface area contributed by atoms with Gasteiger partial charge < -0.3 is 14.0 Å². The quantitative estimate of drug-likeness (QED) is 0.0947. The number of hydrogen-bond donors (Lipinski definition) is 0. The molecule has 0 spiro atoms. The predicted octanol–water partition coefficient (Wildman–Crippen LogP) is 12.4. The Morgan fingerprint density at radius 2 is 1.33 bits per heavy atom. The molecule has 0 aliphatic heterocycles. The number of aromatic nitrogens is 4. The molecular weight excluding hydrogens is 912 g/mol. The first-order chi connectivity index (χ1) is 27.8. The summed E-state index contributed by atoms with van der Waals surface area (Å²) in [7, 11) is -1.23. The Labute approximate surface area is 351 Å². The maximum Gasteiger partial charge on any atom is 0.224 e. The zero-order valence-electron chi connectivity index (χ0n) is 32.1. The Bertz CT molecular complexity index is 2980. The average molecular weight is 949 g/mol.